The molecule has 3 aromatic rings. The Balaban J connectivity index is 1.74. The van der Waals surface area contributed by atoms with E-state index in [9.17, 15) is 0 Å². The summed E-state index contributed by atoms with van der Waals surface area (Å²) >= 11 is 1.85. The van der Waals surface area contributed by atoms with Crippen LogP contribution in [0.3, 0.4) is 0 Å². The quantitative estimate of drug-likeness (QED) is 0.471. The molecule has 0 saturated heterocycles. The summed E-state index contributed by atoms with van der Waals surface area (Å²) in [6.07, 6.45) is 0. The second kappa shape index (κ2) is 5.47. The number of nitrogens with one attached hydrogen (secondary N) is 1. The summed E-state index contributed by atoms with van der Waals surface area (Å²) in [7, 11) is 0. The fraction of sp³-hybridized carbons (Fsp3) is 0.143. The van der Waals surface area contributed by atoms with Gasteiger partial charge in [-0.2, -0.15) is 0 Å². The first kappa shape index (κ1) is 14.4. The van der Waals surface area contributed by atoms with Gasteiger partial charge >= 0.3 is 0 Å². The number of benzene rings is 3. The molecule has 0 aromatic heterocycles. The molecule has 0 spiro atoms. The summed E-state index contributed by atoms with van der Waals surface area (Å²) in [6.45, 7) is 4.58. The van der Waals surface area contributed by atoms with E-state index in [1.165, 1.54) is 32.3 Å². The summed E-state index contributed by atoms with van der Waals surface area (Å²) in [6, 6.07) is 26.0. The largest absolute Gasteiger partial charge is 0.354 e. The van der Waals surface area contributed by atoms with E-state index in [1.807, 2.05) is 11.8 Å². The van der Waals surface area contributed by atoms with Crippen LogP contribution in [0.25, 0.3) is 0 Å². The Morgan fingerprint density at radius 3 is 2.22 bits per heavy atom. The van der Waals surface area contributed by atoms with Crippen LogP contribution in [0.5, 0.6) is 0 Å². The average Bonchev–Trinajstić information content (AvgIpc) is 2.60. The van der Waals surface area contributed by atoms with Gasteiger partial charge in [0.15, 0.2) is 0 Å². The van der Waals surface area contributed by atoms with Gasteiger partial charge in [-0.3, -0.25) is 0 Å². The molecule has 1 heterocycles. The molecule has 23 heavy (non-hydrogen) atoms. The number of fused-ring (bicyclic) bond motifs is 2. The zero-order chi connectivity index (χ0) is 15.9. The topological polar surface area (TPSA) is 12.0 Å². The van der Waals surface area contributed by atoms with Gasteiger partial charge in [0, 0.05) is 15.2 Å². The second-order valence-electron chi connectivity index (χ2n) is 6.43. The minimum absolute atomic E-state index is 0.00614. The molecule has 0 bridgehead atoms. The third-order valence-electron chi connectivity index (χ3n) is 4.58. The van der Waals surface area contributed by atoms with E-state index in [0.717, 1.165) is 0 Å². The van der Waals surface area contributed by atoms with Gasteiger partial charge in [0.25, 0.3) is 0 Å². The van der Waals surface area contributed by atoms with Crippen molar-refractivity contribution in [2.75, 3.05) is 5.32 Å². The molecule has 114 valence electrons. The lowest BCUT2D eigenvalue weighted by Gasteiger charge is -2.28. The van der Waals surface area contributed by atoms with E-state index in [4.69, 9.17) is 0 Å². The molecule has 1 aliphatic heterocycles. The van der Waals surface area contributed by atoms with E-state index in [-0.39, 0.29) is 5.41 Å². The maximum atomic E-state index is 3.54. The molecule has 4 rings (SSSR count). The first-order valence-corrected chi connectivity index (χ1v) is 8.70. The molecule has 2 heteroatoms. The van der Waals surface area contributed by atoms with Crippen molar-refractivity contribution in [1.29, 1.82) is 0 Å². The van der Waals surface area contributed by atoms with Gasteiger partial charge in [-0.15, -0.1) is 0 Å². The van der Waals surface area contributed by atoms with E-state index >= 15 is 0 Å². The Morgan fingerprint density at radius 1 is 0.696 bits per heavy atom. The van der Waals surface area contributed by atoms with Crippen LogP contribution >= 0.6 is 11.8 Å². The summed E-state index contributed by atoms with van der Waals surface area (Å²) < 4.78 is 0. The number of rotatable bonds is 2. The van der Waals surface area contributed by atoms with Gasteiger partial charge < -0.3 is 5.32 Å². The highest BCUT2D eigenvalue weighted by atomic mass is 32.2. The predicted molar refractivity (Wildman–Crippen MR) is 98.9 cm³/mol. The van der Waals surface area contributed by atoms with Crippen molar-refractivity contribution >= 4 is 23.1 Å². The monoisotopic (exact) mass is 317 g/mol. The summed E-state index contributed by atoms with van der Waals surface area (Å²) in [5, 5.41) is 3.54. The second-order valence-corrected chi connectivity index (χ2v) is 7.51. The van der Waals surface area contributed by atoms with Crippen LogP contribution in [-0.2, 0) is 5.41 Å². The highest BCUT2D eigenvalue weighted by molar-refractivity contribution is 7.99. The van der Waals surface area contributed by atoms with Crippen molar-refractivity contribution in [2.45, 2.75) is 29.1 Å². The van der Waals surface area contributed by atoms with Crippen molar-refractivity contribution in [1.82, 2.24) is 0 Å². The van der Waals surface area contributed by atoms with Crippen molar-refractivity contribution in [3.05, 3.63) is 83.9 Å². The van der Waals surface area contributed by atoms with Gasteiger partial charge in [-0.1, -0.05) is 74.1 Å². The zero-order valence-corrected chi connectivity index (χ0v) is 14.2. The van der Waals surface area contributed by atoms with Gasteiger partial charge in [0.2, 0.25) is 0 Å². The maximum Gasteiger partial charge on any atom is 0.0526 e. The minimum Gasteiger partial charge on any atom is -0.354 e. The van der Waals surface area contributed by atoms with E-state index in [2.05, 4.69) is 92.0 Å². The molecule has 0 aliphatic carbocycles. The van der Waals surface area contributed by atoms with Crippen molar-refractivity contribution in [2.24, 2.45) is 0 Å². The van der Waals surface area contributed by atoms with Crippen LogP contribution in [0, 0.1) is 0 Å². The third kappa shape index (κ3) is 2.53. The Morgan fingerprint density at radius 2 is 1.39 bits per heavy atom. The Hall–Kier alpha value is -2.19. The van der Waals surface area contributed by atoms with Gasteiger partial charge in [-0.05, 0) is 35.4 Å². The summed E-state index contributed by atoms with van der Waals surface area (Å²) in [4.78, 5) is 2.58. The number of hydrogen-bond acceptors (Lipinski definition) is 2. The molecular formula is C21H19NS. The lowest BCUT2D eigenvalue weighted by molar-refractivity contribution is 0.639. The average molecular weight is 317 g/mol. The zero-order valence-electron chi connectivity index (χ0n) is 13.3. The molecule has 0 unspecified atom stereocenters. The number of para-hydroxylation sites is 1. The molecule has 0 atom stereocenters. The van der Waals surface area contributed by atoms with Gasteiger partial charge in [0.05, 0.1) is 11.4 Å². The van der Waals surface area contributed by atoms with Crippen LogP contribution in [0.1, 0.15) is 25.0 Å². The molecule has 1 N–H and O–H groups in total. The van der Waals surface area contributed by atoms with Crippen molar-refractivity contribution < 1.29 is 0 Å². The lowest BCUT2D eigenvalue weighted by atomic mass is 9.78. The smallest absolute Gasteiger partial charge is 0.0526 e. The number of hydrogen-bond donors (Lipinski definition) is 1. The lowest BCUT2D eigenvalue weighted by Crippen LogP contribution is -2.19. The van der Waals surface area contributed by atoms with Crippen LogP contribution < -0.4 is 5.32 Å². The molecule has 1 nitrogen and oxygen atoms in total. The van der Waals surface area contributed by atoms with Crippen molar-refractivity contribution in [3.63, 3.8) is 0 Å². The normalized spacial score (nSPS) is 13.0. The Bertz CT molecular complexity index is 853. The Kier molecular flexibility index (Phi) is 3.42. The highest BCUT2D eigenvalue weighted by Crippen LogP contribution is 2.45. The molecule has 0 radical (unpaired) electrons. The summed E-state index contributed by atoms with van der Waals surface area (Å²) in [5.41, 5.74) is 5.07. The van der Waals surface area contributed by atoms with Crippen LogP contribution in [0.2, 0.25) is 0 Å². The van der Waals surface area contributed by atoms with Crippen LogP contribution in [0.4, 0.5) is 11.4 Å². The first-order chi connectivity index (χ1) is 11.1. The summed E-state index contributed by atoms with van der Waals surface area (Å²) in [5.74, 6) is 0. The minimum atomic E-state index is -0.00614. The maximum absolute atomic E-state index is 3.54. The fourth-order valence-electron chi connectivity index (χ4n) is 3.04. The molecular weight excluding hydrogens is 298 g/mol. The van der Waals surface area contributed by atoms with Crippen molar-refractivity contribution in [3.8, 4) is 0 Å². The first-order valence-electron chi connectivity index (χ1n) is 7.88. The van der Waals surface area contributed by atoms with E-state index in [0.29, 0.717) is 0 Å². The van der Waals surface area contributed by atoms with Gasteiger partial charge in [-0.25, -0.2) is 0 Å². The predicted octanol–water partition coefficient (Wildman–Crippen LogP) is 6.22. The molecule has 0 saturated carbocycles. The standard InChI is InChI=1S/C21H19NS/c1-21(2,15-8-4-3-5-9-15)16-12-13-18-20(14-16)23-19-11-7-6-10-17(19)22-18/h3-14,22H,1-2H3. The molecule has 1 aliphatic rings. The van der Waals surface area contributed by atoms with Crippen LogP contribution in [0.15, 0.2) is 82.6 Å². The Labute approximate surface area is 141 Å². The highest BCUT2D eigenvalue weighted by Gasteiger charge is 2.25. The molecule has 0 fully saturated rings. The van der Waals surface area contributed by atoms with E-state index < -0.39 is 0 Å². The molecule has 3 aromatic carbocycles. The fourth-order valence-corrected chi connectivity index (χ4v) is 4.07. The van der Waals surface area contributed by atoms with Crippen LogP contribution in [-0.4, -0.2) is 0 Å². The SMILES string of the molecule is CC(C)(c1ccccc1)c1ccc2c(c1)Sc1ccccc1N2. The van der Waals surface area contributed by atoms with E-state index in [1.54, 1.807) is 0 Å². The van der Waals surface area contributed by atoms with Gasteiger partial charge in [0.1, 0.15) is 0 Å². The third-order valence-corrected chi connectivity index (χ3v) is 5.71. The number of anilines is 2. The molecule has 0 amide bonds.